The van der Waals surface area contributed by atoms with Crippen molar-refractivity contribution in [1.82, 2.24) is 4.98 Å². The zero-order valence-electron chi connectivity index (χ0n) is 17.2. The van der Waals surface area contributed by atoms with Crippen LogP contribution in [0.2, 0.25) is 5.02 Å². The van der Waals surface area contributed by atoms with Gasteiger partial charge in [0.1, 0.15) is 11.3 Å². The zero-order chi connectivity index (χ0) is 22.7. The van der Waals surface area contributed by atoms with E-state index in [2.05, 4.69) is 4.98 Å². The standard InChI is InChI=1S/C22H22ClFN2O4S2/c23-18-5-1-6-19-21(18)25-22(31-19)26(14-16-4-2-12-30-16)20(27)7-3-13-32(28,29)17-10-8-15(24)9-11-17/h1,5-6,8-11,16H,2-4,7,12-14H2. The van der Waals surface area contributed by atoms with E-state index < -0.39 is 15.7 Å². The van der Waals surface area contributed by atoms with Crippen molar-refractivity contribution in [3.8, 4) is 0 Å². The number of hydrogen-bond donors (Lipinski definition) is 0. The van der Waals surface area contributed by atoms with Gasteiger partial charge in [0.05, 0.1) is 33.0 Å². The van der Waals surface area contributed by atoms with Crippen LogP contribution in [0.15, 0.2) is 47.4 Å². The Balaban J connectivity index is 1.48. The molecule has 0 bridgehead atoms. The molecule has 3 aromatic rings. The molecule has 1 aliphatic rings. The molecule has 32 heavy (non-hydrogen) atoms. The number of rotatable bonds is 8. The van der Waals surface area contributed by atoms with Crippen molar-refractivity contribution in [3.63, 3.8) is 0 Å². The number of aromatic nitrogens is 1. The number of anilines is 1. The Hall–Kier alpha value is -2.07. The summed E-state index contributed by atoms with van der Waals surface area (Å²) < 4.78 is 44.7. The van der Waals surface area contributed by atoms with Gasteiger partial charge in [0.15, 0.2) is 15.0 Å². The molecular weight excluding hydrogens is 475 g/mol. The van der Waals surface area contributed by atoms with Crippen LogP contribution in [0.1, 0.15) is 25.7 Å². The third kappa shape index (κ3) is 5.28. The highest BCUT2D eigenvalue weighted by atomic mass is 35.5. The molecule has 0 aliphatic carbocycles. The van der Waals surface area contributed by atoms with E-state index in [-0.39, 0.29) is 35.5 Å². The number of ether oxygens (including phenoxy) is 1. The highest BCUT2D eigenvalue weighted by molar-refractivity contribution is 7.91. The van der Waals surface area contributed by atoms with Crippen LogP contribution in [0.25, 0.3) is 10.2 Å². The molecule has 4 rings (SSSR count). The second kappa shape index (κ2) is 9.82. The molecule has 1 aromatic heterocycles. The van der Waals surface area contributed by atoms with E-state index in [4.69, 9.17) is 16.3 Å². The van der Waals surface area contributed by atoms with E-state index in [1.165, 1.54) is 23.5 Å². The average Bonchev–Trinajstić information content (AvgIpc) is 3.42. The van der Waals surface area contributed by atoms with Crippen molar-refractivity contribution in [2.24, 2.45) is 0 Å². The molecule has 10 heteroatoms. The van der Waals surface area contributed by atoms with E-state index in [1.807, 2.05) is 12.1 Å². The smallest absolute Gasteiger partial charge is 0.228 e. The molecule has 1 atom stereocenters. The summed E-state index contributed by atoms with van der Waals surface area (Å²) in [6, 6.07) is 10.2. The molecule has 0 spiro atoms. The van der Waals surface area contributed by atoms with Crippen LogP contribution in [0, 0.1) is 5.82 Å². The van der Waals surface area contributed by atoms with Crippen molar-refractivity contribution in [3.05, 3.63) is 53.3 Å². The molecule has 170 valence electrons. The van der Waals surface area contributed by atoms with Crippen LogP contribution in [0.4, 0.5) is 9.52 Å². The van der Waals surface area contributed by atoms with Gasteiger partial charge < -0.3 is 4.74 Å². The second-order valence-corrected chi connectivity index (χ2v) is 11.1. The summed E-state index contributed by atoms with van der Waals surface area (Å²) in [5.41, 5.74) is 0.637. The summed E-state index contributed by atoms with van der Waals surface area (Å²) in [5.74, 6) is -0.922. The van der Waals surface area contributed by atoms with E-state index in [0.29, 0.717) is 28.8 Å². The van der Waals surface area contributed by atoms with Gasteiger partial charge in [0, 0.05) is 13.0 Å². The number of benzene rings is 2. The van der Waals surface area contributed by atoms with Crippen molar-refractivity contribution >= 4 is 54.0 Å². The summed E-state index contributed by atoms with van der Waals surface area (Å²) >= 11 is 7.62. The number of fused-ring (bicyclic) bond motifs is 1. The maximum absolute atomic E-state index is 13.1. The maximum atomic E-state index is 13.1. The van der Waals surface area contributed by atoms with Crippen molar-refractivity contribution in [2.75, 3.05) is 23.8 Å². The fourth-order valence-corrected chi connectivity index (χ4v) is 6.21. The molecule has 6 nitrogen and oxygen atoms in total. The summed E-state index contributed by atoms with van der Waals surface area (Å²) in [4.78, 5) is 19.3. The summed E-state index contributed by atoms with van der Waals surface area (Å²) in [5, 5.41) is 1.04. The normalized spacial score (nSPS) is 16.5. The fourth-order valence-electron chi connectivity index (χ4n) is 3.61. The van der Waals surface area contributed by atoms with Gasteiger partial charge in [-0.2, -0.15) is 0 Å². The van der Waals surface area contributed by atoms with Gasteiger partial charge in [-0.1, -0.05) is 29.0 Å². The Kier molecular flexibility index (Phi) is 7.09. The monoisotopic (exact) mass is 496 g/mol. The lowest BCUT2D eigenvalue weighted by Crippen LogP contribution is -2.37. The second-order valence-electron chi connectivity index (χ2n) is 7.60. The number of thiazole rings is 1. The van der Waals surface area contributed by atoms with Crippen LogP contribution in [-0.2, 0) is 19.4 Å². The Bertz CT molecular complexity index is 1210. The van der Waals surface area contributed by atoms with Crippen LogP contribution in [-0.4, -0.2) is 44.3 Å². The molecule has 0 radical (unpaired) electrons. The van der Waals surface area contributed by atoms with Gasteiger partial charge >= 0.3 is 0 Å². The van der Waals surface area contributed by atoms with Crippen LogP contribution in [0.3, 0.4) is 0 Å². The lowest BCUT2D eigenvalue weighted by molar-refractivity contribution is -0.119. The van der Waals surface area contributed by atoms with Crippen molar-refractivity contribution in [1.29, 1.82) is 0 Å². The molecule has 0 saturated carbocycles. The fraction of sp³-hybridized carbons (Fsp3) is 0.364. The molecular formula is C22H22ClFN2O4S2. The first-order chi connectivity index (χ1) is 15.3. The Morgan fingerprint density at radius 1 is 1.25 bits per heavy atom. The first-order valence-electron chi connectivity index (χ1n) is 10.3. The Morgan fingerprint density at radius 3 is 2.72 bits per heavy atom. The number of hydrogen-bond acceptors (Lipinski definition) is 6. The van der Waals surface area contributed by atoms with E-state index >= 15 is 0 Å². The van der Waals surface area contributed by atoms with Gasteiger partial charge in [-0.25, -0.2) is 17.8 Å². The summed E-state index contributed by atoms with van der Waals surface area (Å²) in [6.45, 7) is 1.02. The number of amides is 1. The molecule has 2 heterocycles. The molecule has 1 amide bonds. The van der Waals surface area contributed by atoms with E-state index in [1.54, 1.807) is 11.0 Å². The van der Waals surface area contributed by atoms with Gasteiger partial charge in [0.25, 0.3) is 0 Å². The number of carbonyl (C=O) groups is 1. The Labute approximate surface area is 194 Å². The van der Waals surface area contributed by atoms with Gasteiger partial charge in [-0.05, 0) is 55.7 Å². The van der Waals surface area contributed by atoms with E-state index in [0.717, 1.165) is 29.7 Å². The van der Waals surface area contributed by atoms with E-state index in [9.17, 15) is 17.6 Å². The topological polar surface area (TPSA) is 76.6 Å². The molecule has 1 saturated heterocycles. The Morgan fingerprint density at radius 2 is 2.03 bits per heavy atom. The minimum atomic E-state index is -3.60. The number of nitrogens with zero attached hydrogens (tertiary/aromatic N) is 2. The van der Waals surface area contributed by atoms with Gasteiger partial charge in [-0.15, -0.1) is 0 Å². The number of carbonyl (C=O) groups excluding carboxylic acids is 1. The van der Waals surface area contributed by atoms with Crippen LogP contribution >= 0.6 is 22.9 Å². The van der Waals surface area contributed by atoms with Gasteiger partial charge in [0.2, 0.25) is 5.91 Å². The highest BCUT2D eigenvalue weighted by Crippen LogP contribution is 2.34. The molecule has 2 aromatic carbocycles. The maximum Gasteiger partial charge on any atom is 0.228 e. The lowest BCUT2D eigenvalue weighted by Gasteiger charge is -2.23. The predicted octanol–water partition coefficient (Wildman–Crippen LogP) is 4.85. The van der Waals surface area contributed by atoms with Crippen LogP contribution in [0.5, 0.6) is 0 Å². The first kappa shape index (κ1) is 23.1. The van der Waals surface area contributed by atoms with Gasteiger partial charge in [-0.3, -0.25) is 9.69 Å². The third-order valence-corrected chi connectivity index (χ3v) is 8.44. The summed E-state index contributed by atoms with van der Waals surface area (Å²) in [6.07, 6.45) is 1.90. The quantitative estimate of drug-likeness (QED) is 0.416. The lowest BCUT2D eigenvalue weighted by atomic mass is 10.2. The zero-order valence-corrected chi connectivity index (χ0v) is 19.6. The average molecular weight is 497 g/mol. The predicted molar refractivity (Wildman–Crippen MR) is 124 cm³/mol. The molecule has 1 aliphatic heterocycles. The first-order valence-corrected chi connectivity index (χ1v) is 13.1. The number of para-hydroxylation sites is 1. The molecule has 1 fully saturated rings. The molecule has 1 unspecified atom stereocenters. The minimum absolute atomic E-state index is 0.0385. The highest BCUT2D eigenvalue weighted by Gasteiger charge is 2.27. The van der Waals surface area contributed by atoms with Crippen LogP contribution < -0.4 is 4.90 Å². The minimum Gasteiger partial charge on any atom is -0.376 e. The number of halogens is 2. The third-order valence-electron chi connectivity index (χ3n) is 5.28. The van der Waals surface area contributed by atoms with Crippen molar-refractivity contribution < 1.29 is 22.3 Å². The summed E-state index contributed by atoms with van der Waals surface area (Å²) in [7, 11) is -3.60. The SMILES string of the molecule is O=C(CCCS(=O)(=O)c1ccc(F)cc1)N(CC1CCCO1)c1nc2c(Cl)cccc2s1. The number of sulfone groups is 1. The molecule has 0 N–H and O–H groups in total. The van der Waals surface area contributed by atoms with Crippen molar-refractivity contribution in [2.45, 2.75) is 36.7 Å². The largest absolute Gasteiger partial charge is 0.376 e.